The summed E-state index contributed by atoms with van der Waals surface area (Å²) in [6.07, 6.45) is 11.2. The smallest absolute Gasteiger partial charge is 0.0618 e. The predicted octanol–water partition coefficient (Wildman–Crippen LogP) is 5.97. The Morgan fingerprint density at radius 3 is 2.15 bits per heavy atom. The van der Waals surface area contributed by atoms with Gasteiger partial charge in [-0.15, -0.1) is 0 Å². The van der Waals surface area contributed by atoms with Gasteiger partial charge in [-0.2, -0.15) is 0 Å². The van der Waals surface area contributed by atoms with Crippen molar-refractivity contribution in [2.24, 2.45) is 56.7 Å². The summed E-state index contributed by atoms with van der Waals surface area (Å²) in [5.41, 5.74) is 1.83. The van der Waals surface area contributed by atoms with E-state index < -0.39 is 0 Å². The number of aliphatic hydroxyl groups is 3. The van der Waals surface area contributed by atoms with Crippen LogP contribution in [0.1, 0.15) is 98.8 Å². The highest BCUT2D eigenvalue weighted by atomic mass is 16.3. The number of hydrogen-bond donors (Lipinski definition) is 3. The molecule has 5 rings (SSSR count). The van der Waals surface area contributed by atoms with Crippen LogP contribution in [-0.4, -0.2) is 34.6 Å². The Morgan fingerprint density at radius 1 is 0.788 bits per heavy atom. The Hall–Kier alpha value is -0.380. The molecular formula is C30H50O3. The zero-order chi connectivity index (χ0) is 24.0. The third-order valence-corrected chi connectivity index (χ3v) is 13.7. The normalized spacial score (nSPS) is 58.1. The van der Waals surface area contributed by atoms with Crippen LogP contribution >= 0.6 is 0 Å². The van der Waals surface area contributed by atoms with Crippen molar-refractivity contribution in [3.8, 4) is 0 Å². The Bertz CT molecular complexity index is 808. The van der Waals surface area contributed by atoms with Crippen molar-refractivity contribution in [3.05, 3.63) is 12.2 Å². The monoisotopic (exact) mass is 458 g/mol. The fourth-order valence-electron chi connectivity index (χ4n) is 11.6. The summed E-state index contributed by atoms with van der Waals surface area (Å²) < 4.78 is 0. The maximum atomic E-state index is 10.9. The first-order valence-corrected chi connectivity index (χ1v) is 14.0. The Balaban J connectivity index is 1.55. The van der Waals surface area contributed by atoms with Crippen LogP contribution in [0, 0.1) is 56.7 Å². The van der Waals surface area contributed by atoms with Gasteiger partial charge in [0.25, 0.3) is 0 Å². The molecule has 0 aromatic heterocycles. The van der Waals surface area contributed by atoms with E-state index in [4.69, 9.17) is 0 Å². The molecule has 3 nitrogen and oxygen atoms in total. The molecule has 5 fully saturated rings. The number of rotatable bonds is 3. The summed E-state index contributed by atoms with van der Waals surface area (Å²) in [6.45, 7) is 17.0. The first kappa shape index (κ1) is 24.3. The minimum absolute atomic E-state index is 0.0964. The van der Waals surface area contributed by atoms with Crippen molar-refractivity contribution >= 4 is 0 Å². The van der Waals surface area contributed by atoms with E-state index in [0.29, 0.717) is 36.2 Å². The quantitative estimate of drug-likeness (QED) is 0.457. The molecule has 5 aliphatic carbocycles. The highest BCUT2D eigenvalue weighted by molar-refractivity contribution is 5.21. The first-order valence-electron chi connectivity index (χ1n) is 14.0. The van der Waals surface area contributed by atoms with E-state index in [-0.39, 0.29) is 39.8 Å². The molecule has 0 aliphatic heterocycles. The lowest BCUT2D eigenvalue weighted by Gasteiger charge is -2.73. The van der Waals surface area contributed by atoms with Crippen LogP contribution in [-0.2, 0) is 0 Å². The lowest BCUT2D eigenvalue weighted by Crippen LogP contribution is -2.67. The minimum Gasteiger partial charge on any atom is -0.396 e. The molecule has 0 spiro atoms. The van der Waals surface area contributed by atoms with Crippen LogP contribution in [0.25, 0.3) is 0 Å². The highest BCUT2D eigenvalue weighted by Gasteiger charge is 2.71. The van der Waals surface area contributed by atoms with Crippen LogP contribution < -0.4 is 0 Å². The molecule has 0 radical (unpaired) electrons. The highest BCUT2D eigenvalue weighted by Crippen LogP contribution is 2.77. The molecule has 5 aliphatic rings. The average Bonchev–Trinajstić information content (AvgIpc) is 3.17. The molecule has 0 aromatic rings. The molecule has 3 heteroatoms. The van der Waals surface area contributed by atoms with Crippen molar-refractivity contribution in [1.82, 2.24) is 0 Å². The van der Waals surface area contributed by atoms with Crippen molar-refractivity contribution in [2.75, 3.05) is 13.2 Å². The van der Waals surface area contributed by atoms with E-state index in [9.17, 15) is 15.3 Å². The second-order valence-corrected chi connectivity index (χ2v) is 14.4. The van der Waals surface area contributed by atoms with Gasteiger partial charge < -0.3 is 15.3 Å². The molecule has 0 aromatic carbocycles. The van der Waals surface area contributed by atoms with Crippen molar-refractivity contribution < 1.29 is 15.3 Å². The van der Waals surface area contributed by atoms with Crippen LogP contribution in [0.4, 0.5) is 0 Å². The van der Waals surface area contributed by atoms with Gasteiger partial charge in [-0.25, -0.2) is 0 Å². The van der Waals surface area contributed by atoms with E-state index in [2.05, 4.69) is 41.2 Å². The SMILES string of the molecule is C=C(C)[C@@H]1CCC2(CO)CC[C@]3(C)C(CCC4[C@@]5(C)CC[C@H](O)[C@@](C)(CO)C5CC[C@]43C)C12. The lowest BCUT2D eigenvalue weighted by molar-refractivity contribution is -0.255. The molecule has 11 atom stereocenters. The molecule has 188 valence electrons. The number of hydrogen-bond acceptors (Lipinski definition) is 3. The second kappa shape index (κ2) is 7.56. The summed E-state index contributed by atoms with van der Waals surface area (Å²) in [5, 5.41) is 32.0. The largest absolute Gasteiger partial charge is 0.396 e. The zero-order valence-corrected chi connectivity index (χ0v) is 22.0. The molecule has 0 heterocycles. The van der Waals surface area contributed by atoms with E-state index in [1.54, 1.807) is 0 Å². The number of aliphatic hydroxyl groups excluding tert-OH is 3. The molecule has 0 bridgehead atoms. The first-order chi connectivity index (χ1) is 15.4. The van der Waals surface area contributed by atoms with Crippen molar-refractivity contribution in [1.29, 1.82) is 0 Å². The van der Waals surface area contributed by atoms with Crippen LogP contribution in [0.3, 0.4) is 0 Å². The van der Waals surface area contributed by atoms with Gasteiger partial charge in [0.15, 0.2) is 0 Å². The Labute approximate surface area is 202 Å². The van der Waals surface area contributed by atoms with Crippen LogP contribution in [0.5, 0.6) is 0 Å². The molecule has 0 saturated heterocycles. The van der Waals surface area contributed by atoms with Gasteiger partial charge in [0.2, 0.25) is 0 Å². The summed E-state index contributed by atoms with van der Waals surface area (Å²) in [7, 11) is 0. The molecule has 0 amide bonds. The van der Waals surface area contributed by atoms with Gasteiger partial charge in [0, 0.05) is 12.0 Å². The summed E-state index contributed by atoms with van der Waals surface area (Å²) in [4.78, 5) is 0. The fourth-order valence-corrected chi connectivity index (χ4v) is 11.6. The minimum atomic E-state index is -0.383. The Morgan fingerprint density at radius 2 is 1.52 bits per heavy atom. The predicted molar refractivity (Wildman–Crippen MR) is 133 cm³/mol. The standard InChI is InChI=1S/C30H50O3/c1-19(2)20-9-14-30(18-32)16-15-28(5)21(25(20)30)7-8-23-26(3)12-11-24(33)27(4,17-31)22(26)10-13-29(23,28)6/h20-25,31-33H,1,7-18H2,2-6H3/t20-,21?,22?,23?,24-,25?,26-,27-,28+,29+,30?/m0/s1. The van der Waals surface area contributed by atoms with Crippen molar-refractivity contribution in [3.63, 3.8) is 0 Å². The van der Waals surface area contributed by atoms with E-state index >= 15 is 0 Å². The van der Waals surface area contributed by atoms with Gasteiger partial charge in [0.1, 0.15) is 0 Å². The topological polar surface area (TPSA) is 60.7 Å². The van der Waals surface area contributed by atoms with Gasteiger partial charge >= 0.3 is 0 Å². The third kappa shape index (κ3) is 2.85. The lowest BCUT2D eigenvalue weighted by atomic mass is 9.32. The van der Waals surface area contributed by atoms with Crippen LogP contribution in [0.15, 0.2) is 12.2 Å². The molecule has 33 heavy (non-hydrogen) atoms. The van der Waals surface area contributed by atoms with E-state index in [1.807, 2.05) is 0 Å². The molecule has 5 unspecified atom stereocenters. The van der Waals surface area contributed by atoms with E-state index in [1.165, 1.54) is 50.5 Å². The van der Waals surface area contributed by atoms with Gasteiger partial charge in [-0.3, -0.25) is 0 Å². The fraction of sp³-hybridized carbons (Fsp3) is 0.933. The molecule has 3 N–H and O–H groups in total. The summed E-state index contributed by atoms with van der Waals surface area (Å²) in [5.74, 6) is 2.86. The van der Waals surface area contributed by atoms with Crippen molar-refractivity contribution in [2.45, 2.75) is 105 Å². The zero-order valence-electron chi connectivity index (χ0n) is 22.0. The molecule has 5 saturated carbocycles. The van der Waals surface area contributed by atoms with Gasteiger partial charge in [-0.1, -0.05) is 39.8 Å². The Kier molecular flexibility index (Phi) is 5.57. The van der Waals surface area contributed by atoms with Gasteiger partial charge in [0.05, 0.1) is 12.7 Å². The average molecular weight is 459 g/mol. The summed E-state index contributed by atoms with van der Waals surface area (Å²) in [6, 6.07) is 0. The second-order valence-electron chi connectivity index (χ2n) is 14.4. The third-order valence-electron chi connectivity index (χ3n) is 13.7. The number of allylic oxidation sites excluding steroid dienone is 1. The maximum absolute atomic E-state index is 10.9. The number of fused-ring (bicyclic) bond motifs is 7. The van der Waals surface area contributed by atoms with Crippen LogP contribution in [0.2, 0.25) is 0 Å². The van der Waals surface area contributed by atoms with E-state index in [0.717, 1.165) is 19.3 Å². The maximum Gasteiger partial charge on any atom is 0.0618 e. The van der Waals surface area contributed by atoms with Gasteiger partial charge in [-0.05, 0) is 122 Å². The molecular weight excluding hydrogens is 408 g/mol. The summed E-state index contributed by atoms with van der Waals surface area (Å²) >= 11 is 0.